The minimum atomic E-state index is -3.41. The number of fused-ring (bicyclic) bond motifs is 1. The van der Waals surface area contributed by atoms with Gasteiger partial charge in [-0.2, -0.15) is 4.31 Å². The predicted molar refractivity (Wildman–Crippen MR) is 121 cm³/mol. The Morgan fingerprint density at radius 2 is 1.56 bits per heavy atom. The molecule has 1 heterocycles. The number of hydrogen-bond donors (Lipinski definition) is 2. The van der Waals surface area contributed by atoms with Gasteiger partial charge in [-0.05, 0) is 48.1 Å². The molecule has 0 spiro atoms. The Hall–Kier alpha value is -2.75. The standard InChI is InChI=1S/C21H26N2O2S.C2H2O4/c24-26(25,21-11-10-19-8-4-5-9-20(19)16-21)23-14-12-22(13-15-23)17-18-6-2-1-3-7-18;3-1(4)2(5)6/h1-2,4-5,8-11,16,18H,3,6-7,12-15,17H2;(H,3,4)(H,5,6). The molecule has 1 aliphatic carbocycles. The molecule has 1 aliphatic heterocycles. The van der Waals surface area contributed by atoms with Crippen LogP contribution >= 0.6 is 0 Å². The van der Waals surface area contributed by atoms with Gasteiger partial charge in [0.05, 0.1) is 4.90 Å². The largest absolute Gasteiger partial charge is 0.473 e. The highest BCUT2D eigenvalue weighted by Crippen LogP contribution is 2.24. The van der Waals surface area contributed by atoms with Gasteiger partial charge in [-0.3, -0.25) is 0 Å². The first-order chi connectivity index (χ1) is 15.3. The Bertz CT molecular complexity index is 1080. The lowest BCUT2D eigenvalue weighted by molar-refractivity contribution is -0.159. The third-order valence-electron chi connectivity index (χ3n) is 5.77. The molecule has 0 saturated carbocycles. The van der Waals surface area contributed by atoms with E-state index >= 15 is 0 Å². The molecule has 0 amide bonds. The van der Waals surface area contributed by atoms with E-state index in [9.17, 15) is 8.42 Å². The number of benzene rings is 2. The Labute approximate surface area is 187 Å². The highest BCUT2D eigenvalue weighted by atomic mass is 32.2. The van der Waals surface area contributed by atoms with Crippen LogP contribution in [-0.2, 0) is 19.6 Å². The van der Waals surface area contributed by atoms with Gasteiger partial charge in [0.25, 0.3) is 0 Å². The first-order valence-corrected chi connectivity index (χ1v) is 12.0. The van der Waals surface area contributed by atoms with Crippen LogP contribution < -0.4 is 0 Å². The fraction of sp³-hybridized carbons (Fsp3) is 0.391. The van der Waals surface area contributed by atoms with Crippen molar-refractivity contribution < 1.29 is 28.2 Å². The number of carboxylic acid groups (broad SMARTS) is 2. The Morgan fingerprint density at radius 1 is 0.906 bits per heavy atom. The molecule has 2 N–H and O–H groups in total. The predicted octanol–water partition coefficient (Wildman–Crippen LogP) is 2.66. The van der Waals surface area contributed by atoms with E-state index in [-0.39, 0.29) is 0 Å². The minimum absolute atomic E-state index is 0.405. The lowest BCUT2D eigenvalue weighted by Crippen LogP contribution is -2.49. The summed E-state index contributed by atoms with van der Waals surface area (Å²) in [4.78, 5) is 21.0. The molecule has 1 fully saturated rings. The number of nitrogens with zero attached hydrogens (tertiary/aromatic N) is 2. The maximum atomic E-state index is 13.0. The molecule has 0 bridgehead atoms. The van der Waals surface area contributed by atoms with Crippen molar-refractivity contribution in [3.05, 3.63) is 54.6 Å². The number of allylic oxidation sites excluding steroid dienone is 2. The molecule has 2 aromatic rings. The number of carbonyl (C=O) groups is 2. The van der Waals surface area contributed by atoms with Gasteiger partial charge >= 0.3 is 11.9 Å². The quantitative estimate of drug-likeness (QED) is 0.532. The van der Waals surface area contributed by atoms with E-state index in [1.54, 1.807) is 16.4 Å². The van der Waals surface area contributed by atoms with E-state index in [4.69, 9.17) is 19.8 Å². The summed E-state index contributed by atoms with van der Waals surface area (Å²) in [5, 5.41) is 16.8. The molecule has 0 radical (unpaired) electrons. The smallest absolute Gasteiger partial charge is 0.414 e. The maximum absolute atomic E-state index is 13.0. The average Bonchev–Trinajstić information content (AvgIpc) is 2.80. The van der Waals surface area contributed by atoms with E-state index in [1.165, 1.54) is 12.8 Å². The van der Waals surface area contributed by atoms with Crippen LogP contribution in [0.5, 0.6) is 0 Å². The molecule has 1 saturated heterocycles. The molecule has 32 heavy (non-hydrogen) atoms. The second kappa shape index (κ2) is 10.7. The van der Waals surface area contributed by atoms with Crippen LogP contribution in [0.4, 0.5) is 0 Å². The van der Waals surface area contributed by atoms with Crippen molar-refractivity contribution in [1.29, 1.82) is 0 Å². The number of aliphatic carboxylic acids is 2. The first kappa shape index (κ1) is 23.9. The van der Waals surface area contributed by atoms with Crippen LogP contribution in [0.1, 0.15) is 19.3 Å². The molecule has 1 atom stereocenters. The molecule has 4 rings (SSSR count). The number of piperazine rings is 1. The molecule has 0 aromatic heterocycles. The van der Waals surface area contributed by atoms with Crippen LogP contribution in [0.25, 0.3) is 10.8 Å². The second-order valence-corrected chi connectivity index (χ2v) is 9.91. The van der Waals surface area contributed by atoms with Crippen molar-refractivity contribution in [2.75, 3.05) is 32.7 Å². The molecule has 2 aliphatic rings. The van der Waals surface area contributed by atoms with Gasteiger partial charge in [0.15, 0.2) is 0 Å². The van der Waals surface area contributed by atoms with Crippen LogP contribution in [0.2, 0.25) is 0 Å². The number of rotatable bonds is 4. The normalized spacial score (nSPS) is 19.8. The van der Waals surface area contributed by atoms with Crippen LogP contribution in [0.15, 0.2) is 59.5 Å². The fourth-order valence-electron chi connectivity index (χ4n) is 4.02. The van der Waals surface area contributed by atoms with E-state index < -0.39 is 22.0 Å². The molecule has 1 unspecified atom stereocenters. The van der Waals surface area contributed by atoms with Gasteiger partial charge in [-0.1, -0.05) is 42.5 Å². The lowest BCUT2D eigenvalue weighted by Gasteiger charge is -2.36. The third kappa shape index (κ3) is 6.15. The summed E-state index contributed by atoms with van der Waals surface area (Å²) in [6.45, 7) is 3.91. The molecule has 8 nitrogen and oxygen atoms in total. The van der Waals surface area contributed by atoms with Crippen molar-refractivity contribution in [2.45, 2.75) is 24.2 Å². The zero-order valence-electron chi connectivity index (χ0n) is 17.8. The van der Waals surface area contributed by atoms with Gasteiger partial charge < -0.3 is 15.1 Å². The fourth-order valence-corrected chi connectivity index (χ4v) is 5.47. The topological polar surface area (TPSA) is 115 Å². The number of hydrogen-bond acceptors (Lipinski definition) is 5. The minimum Gasteiger partial charge on any atom is -0.473 e. The lowest BCUT2D eigenvalue weighted by atomic mass is 9.94. The molecular formula is C23H28N2O6S. The highest BCUT2D eigenvalue weighted by molar-refractivity contribution is 7.89. The summed E-state index contributed by atoms with van der Waals surface area (Å²) in [5.41, 5.74) is 0. The third-order valence-corrected chi connectivity index (χ3v) is 7.66. The zero-order chi connectivity index (χ0) is 23.1. The van der Waals surface area contributed by atoms with E-state index in [1.807, 2.05) is 30.3 Å². The van der Waals surface area contributed by atoms with Gasteiger partial charge in [0, 0.05) is 32.7 Å². The van der Waals surface area contributed by atoms with Crippen LogP contribution in [-0.4, -0.2) is 72.5 Å². The molecule has 2 aromatic carbocycles. The highest BCUT2D eigenvalue weighted by Gasteiger charge is 2.29. The van der Waals surface area contributed by atoms with Gasteiger partial charge in [-0.15, -0.1) is 0 Å². The van der Waals surface area contributed by atoms with Crippen molar-refractivity contribution in [2.24, 2.45) is 5.92 Å². The zero-order valence-corrected chi connectivity index (χ0v) is 18.6. The average molecular weight is 461 g/mol. The van der Waals surface area contributed by atoms with Crippen molar-refractivity contribution >= 4 is 32.7 Å². The van der Waals surface area contributed by atoms with Crippen LogP contribution in [0, 0.1) is 5.92 Å². The van der Waals surface area contributed by atoms with E-state index in [0.717, 1.165) is 42.7 Å². The van der Waals surface area contributed by atoms with Gasteiger partial charge in [0.2, 0.25) is 10.0 Å². The van der Waals surface area contributed by atoms with Crippen LogP contribution in [0.3, 0.4) is 0 Å². The summed E-state index contributed by atoms with van der Waals surface area (Å²) in [6, 6.07) is 13.3. The molecule has 172 valence electrons. The Balaban J connectivity index is 0.000000427. The van der Waals surface area contributed by atoms with E-state index in [0.29, 0.717) is 18.0 Å². The summed E-state index contributed by atoms with van der Waals surface area (Å²) < 4.78 is 27.7. The van der Waals surface area contributed by atoms with E-state index in [2.05, 4.69) is 17.1 Å². The Morgan fingerprint density at radius 3 is 2.16 bits per heavy atom. The summed E-state index contributed by atoms with van der Waals surface area (Å²) in [7, 11) is -3.41. The number of carboxylic acids is 2. The first-order valence-electron chi connectivity index (χ1n) is 10.6. The van der Waals surface area contributed by atoms with Crippen molar-refractivity contribution in [1.82, 2.24) is 9.21 Å². The SMILES string of the molecule is O=C(O)C(=O)O.O=S(=O)(c1ccc2ccccc2c1)N1CCN(CC2CC=CCC2)CC1. The summed E-state index contributed by atoms with van der Waals surface area (Å²) in [5.74, 6) is -2.92. The maximum Gasteiger partial charge on any atom is 0.414 e. The Kier molecular flexibility index (Phi) is 8.00. The van der Waals surface area contributed by atoms with Crippen molar-refractivity contribution in [3.8, 4) is 0 Å². The van der Waals surface area contributed by atoms with Crippen molar-refractivity contribution in [3.63, 3.8) is 0 Å². The molecular weight excluding hydrogens is 432 g/mol. The molecule has 9 heteroatoms. The number of sulfonamides is 1. The second-order valence-electron chi connectivity index (χ2n) is 7.97. The monoisotopic (exact) mass is 460 g/mol. The summed E-state index contributed by atoms with van der Waals surface area (Å²) in [6.07, 6.45) is 8.15. The van der Waals surface area contributed by atoms with Gasteiger partial charge in [0.1, 0.15) is 0 Å². The van der Waals surface area contributed by atoms with Gasteiger partial charge in [-0.25, -0.2) is 18.0 Å². The summed E-state index contributed by atoms with van der Waals surface area (Å²) >= 11 is 0.